The van der Waals surface area contributed by atoms with Gasteiger partial charge < -0.3 is 15.5 Å². The Labute approximate surface area is 112 Å². The fourth-order valence-electron chi connectivity index (χ4n) is 2.22. The Morgan fingerprint density at radius 1 is 1.53 bits per heavy atom. The van der Waals surface area contributed by atoms with E-state index in [1.54, 1.807) is 0 Å². The molecule has 0 aliphatic carbocycles. The Bertz CT molecular complexity index is 379. The molecule has 1 aromatic rings. The molecule has 3 nitrogen and oxygen atoms in total. The van der Waals surface area contributed by atoms with Crippen molar-refractivity contribution in [2.75, 3.05) is 38.1 Å². The third-order valence-corrected chi connectivity index (χ3v) is 4.08. The van der Waals surface area contributed by atoms with Gasteiger partial charge in [-0.3, -0.25) is 0 Å². The van der Waals surface area contributed by atoms with Gasteiger partial charge in [-0.05, 0) is 31.7 Å². The van der Waals surface area contributed by atoms with Gasteiger partial charge in [0.2, 0.25) is 0 Å². The normalized spacial score (nSPS) is 20.6. The van der Waals surface area contributed by atoms with Crippen molar-refractivity contribution in [3.63, 3.8) is 0 Å². The standard InChI is InChI=1S/C13H20BrN3/c1-10-3-4-12(7-13(10)14)17-6-5-16-11(9-17)8-15-2/h3-4,7,11,15-16H,5-6,8-9H2,1-2H3. The van der Waals surface area contributed by atoms with Crippen LogP contribution < -0.4 is 15.5 Å². The molecule has 1 atom stereocenters. The van der Waals surface area contributed by atoms with E-state index in [0.29, 0.717) is 6.04 Å². The van der Waals surface area contributed by atoms with Crippen molar-refractivity contribution < 1.29 is 0 Å². The van der Waals surface area contributed by atoms with Crippen molar-refractivity contribution in [2.45, 2.75) is 13.0 Å². The highest BCUT2D eigenvalue weighted by molar-refractivity contribution is 9.10. The number of halogens is 1. The first-order valence-electron chi connectivity index (χ1n) is 6.10. The average Bonchev–Trinajstić information content (AvgIpc) is 2.33. The van der Waals surface area contributed by atoms with Crippen LogP contribution in [0.1, 0.15) is 5.56 Å². The molecule has 1 aliphatic rings. The van der Waals surface area contributed by atoms with Crippen LogP contribution in [0.5, 0.6) is 0 Å². The van der Waals surface area contributed by atoms with E-state index in [1.165, 1.54) is 15.7 Å². The van der Waals surface area contributed by atoms with Crippen molar-refractivity contribution in [1.29, 1.82) is 0 Å². The molecule has 1 aromatic carbocycles. The van der Waals surface area contributed by atoms with Gasteiger partial charge in [-0.1, -0.05) is 22.0 Å². The second-order valence-electron chi connectivity index (χ2n) is 4.59. The molecule has 4 heteroatoms. The van der Waals surface area contributed by atoms with Gasteiger partial charge in [0.15, 0.2) is 0 Å². The topological polar surface area (TPSA) is 27.3 Å². The van der Waals surface area contributed by atoms with Crippen molar-refractivity contribution in [1.82, 2.24) is 10.6 Å². The van der Waals surface area contributed by atoms with Gasteiger partial charge >= 0.3 is 0 Å². The first-order valence-corrected chi connectivity index (χ1v) is 6.89. The summed E-state index contributed by atoms with van der Waals surface area (Å²) in [6.45, 7) is 6.34. The summed E-state index contributed by atoms with van der Waals surface area (Å²) < 4.78 is 1.19. The van der Waals surface area contributed by atoms with E-state index in [9.17, 15) is 0 Å². The van der Waals surface area contributed by atoms with Gasteiger partial charge in [-0.2, -0.15) is 0 Å². The van der Waals surface area contributed by atoms with Crippen molar-refractivity contribution >= 4 is 21.6 Å². The molecular formula is C13H20BrN3. The molecule has 94 valence electrons. The lowest BCUT2D eigenvalue weighted by Crippen LogP contribution is -2.54. The van der Waals surface area contributed by atoms with E-state index in [2.05, 4.69) is 56.6 Å². The van der Waals surface area contributed by atoms with Crippen molar-refractivity contribution in [3.8, 4) is 0 Å². The molecule has 0 bridgehead atoms. The van der Waals surface area contributed by atoms with E-state index in [-0.39, 0.29) is 0 Å². The molecule has 2 N–H and O–H groups in total. The quantitative estimate of drug-likeness (QED) is 0.890. The summed E-state index contributed by atoms with van der Waals surface area (Å²) >= 11 is 3.60. The molecule has 2 rings (SSSR count). The highest BCUT2D eigenvalue weighted by Gasteiger charge is 2.18. The number of hydrogen-bond acceptors (Lipinski definition) is 3. The number of anilines is 1. The summed E-state index contributed by atoms with van der Waals surface area (Å²) in [5.41, 5.74) is 2.60. The van der Waals surface area contributed by atoms with E-state index in [0.717, 1.165) is 26.2 Å². The van der Waals surface area contributed by atoms with Gasteiger partial charge in [0.1, 0.15) is 0 Å². The van der Waals surface area contributed by atoms with Crippen LogP contribution in [-0.2, 0) is 0 Å². The minimum Gasteiger partial charge on any atom is -0.369 e. The van der Waals surface area contributed by atoms with E-state index < -0.39 is 0 Å². The lowest BCUT2D eigenvalue weighted by Gasteiger charge is -2.35. The summed E-state index contributed by atoms with van der Waals surface area (Å²) in [5.74, 6) is 0. The Hall–Kier alpha value is -0.580. The third-order valence-electron chi connectivity index (χ3n) is 3.23. The van der Waals surface area contributed by atoms with Crippen LogP contribution in [0.4, 0.5) is 5.69 Å². The largest absolute Gasteiger partial charge is 0.369 e. The lowest BCUT2D eigenvalue weighted by molar-refractivity contribution is 0.443. The van der Waals surface area contributed by atoms with Crippen LogP contribution in [0, 0.1) is 6.92 Å². The number of hydrogen-bond donors (Lipinski definition) is 2. The average molecular weight is 298 g/mol. The molecule has 0 spiro atoms. The Kier molecular flexibility index (Phi) is 4.42. The Balaban J connectivity index is 2.08. The maximum absolute atomic E-state index is 3.60. The van der Waals surface area contributed by atoms with Gasteiger partial charge in [-0.15, -0.1) is 0 Å². The molecule has 1 unspecified atom stereocenters. The number of likely N-dealkylation sites (N-methyl/N-ethyl adjacent to an activating group) is 1. The van der Waals surface area contributed by atoms with E-state index in [4.69, 9.17) is 0 Å². The highest BCUT2D eigenvalue weighted by Crippen LogP contribution is 2.24. The van der Waals surface area contributed by atoms with Crippen LogP contribution in [0.25, 0.3) is 0 Å². The predicted octanol–water partition coefficient (Wildman–Crippen LogP) is 1.76. The molecule has 17 heavy (non-hydrogen) atoms. The first kappa shape index (κ1) is 12.9. The summed E-state index contributed by atoms with van der Waals surface area (Å²) in [4.78, 5) is 2.45. The van der Waals surface area contributed by atoms with Crippen LogP contribution in [-0.4, -0.2) is 39.3 Å². The highest BCUT2D eigenvalue weighted by atomic mass is 79.9. The molecule has 0 amide bonds. The zero-order valence-electron chi connectivity index (χ0n) is 10.5. The van der Waals surface area contributed by atoms with E-state index in [1.807, 2.05) is 7.05 Å². The third kappa shape index (κ3) is 3.21. The molecule has 1 heterocycles. The minimum absolute atomic E-state index is 0.536. The number of nitrogens with zero attached hydrogens (tertiary/aromatic N) is 1. The maximum atomic E-state index is 3.60. The molecule has 1 fully saturated rings. The van der Waals surface area contributed by atoms with Crippen molar-refractivity contribution in [2.24, 2.45) is 0 Å². The first-order chi connectivity index (χ1) is 8.20. The monoisotopic (exact) mass is 297 g/mol. The number of nitrogens with one attached hydrogen (secondary N) is 2. The molecule has 0 aromatic heterocycles. The van der Waals surface area contributed by atoms with Crippen molar-refractivity contribution in [3.05, 3.63) is 28.2 Å². The number of piperazine rings is 1. The van der Waals surface area contributed by atoms with E-state index >= 15 is 0 Å². The maximum Gasteiger partial charge on any atom is 0.0378 e. The van der Waals surface area contributed by atoms with Crippen LogP contribution in [0.15, 0.2) is 22.7 Å². The molecule has 1 saturated heterocycles. The van der Waals surface area contributed by atoms with Gasteiger partial charge in [0.05, 0.1) is 0 Å². The Morgan fingerprint density at radius 3 is 3.06 bits per heavy atom. The van der Waals surface area contributed by atoms with Gasteiger partial charge in [0.25, 0.3) is 0 Å². The summed E-state index contributed by atoms with van der Waals surface area (Å²) in [6, 6.07) is 7.14. The number of benzene rings is 1. The van der Waals surface area contributed by atoms with Crippen LogP contribution in [0.3, 0.4) is 0 Å². The zero-order valence-corrected chi connectivity index (χ0v) is 12.0. The second-order valence-corrected chi connectivity index (χ2v) is 5.44. The summed E-state index contributed by atoms with van der Waals surface area (Å²) in [7, 11) is 2.00. The number of aryl methyl sites for hydroxylation is 1. The fraction of sp³-hybridized carbons (Fsp3) is 0.538. The molecule has 1 aliphatic heterocycles. The molecular weight excluding hydrogens is 278 g/mol. The summed E-state index contributed by atoms with van der Waals surface area (Å²) in [6.07, 6.45) is 0. The second kappa shape index (κ2) is 5.85. The Morgan fingerprint density at radius 2 is 2.35 bits per heavy atom. The number of rotatable bonds is 3. The summed E-state index contributed by atoms with van der Waals surface area (Å²) in [5, 5.41) is 6.76. The van der Waals surface area contributed by atoms with Gasteiger partial charge in [0, 0.05) is 42.4 Å². The zero-order chi connectivity index (χ0) is 12.3. The lowest BCUT2D eigenvalue weighted by atomic mass is 10.1. The fourth-order valence-corrected chi connectivity index (χ4v) is 2.59. The smallest absolute Gasteiger partial charge is 0.0378 e. The minimum atomic E-state index is 0.536. The molecule has 0 radical (unpaired) electrons. The predicted molar refractivity (Wildman–Crippen MR) is 76.8 cm³/mol. The SMILES string of the molecule is CNCC1CN(c2ccc(C)c(Br)c2)CCN1. The van der Waals surface area contributed by atoms with Gasteiger partial charge in [-0.25, -0.2) is 0 Å². The van der Waals surface area contributed by atoms with Crippen LogP contribution >= 0.6 is 15.9 Å². The molecule has 0 saturated carbocycles. The van der Waals surface area contributed by atoms with Crippen LogP contribution in [0.2, 0.25) is 0 Å².